The lowest BCUT2D eigenvalue weighted by molar-refractivity contribution is 0.582. The number of thioether (sulfide) groups is 1. The average molecular weight is 298 g/mol. The summed E-state index contributed by atoms with van der Waals surface area (Å²) in [5.41, 5.74) is 1.14. The normalized spacial score (nSPS) is 16.2. The molecule has 0 radical (unpaired) electrons. The van der Waals surface area contributed by atoms with Crippen molar-refractivity contribution in [3.05, 3.63) is 35.9 Å². The third-order valence-corrected chi connectivity index (χ3v) is 5.12. The molecule has 0 fully saturated rings. The quantitative estimate of drug-likeness (QED) is 0.640. The lowest BCUT2D eigenvalue weighted by atomic mass is 10.1. The van der Waals surface area contributed by atoms with Crippen LogP contribution in [0.4, 0.5) is 0 Å². The van der Waals surface area contributed by atoms with Crippen molar-refractivity contribution in [1.29, 1.82) is 0 Å². The van der Waals surface area contributed by atoms with Gasteiger partial charge in [0.15, 0.2) is 0 Å². The minimum Gasteiger partial charge on any atom is -0.313 e. The zero-order chi connectivity index (χ0) is 13.7. The van der Waals surface area contributed by atoms with Crippen LogP contribution in [-0.2, 0) is 10.0 Å². The molecule has 2 rings (SSSR count). The first kappa shape index (κ1) is 14.6. The molecule has 19 heavy (non-hydrogen) atoms. The molecule has 0 unspecified atom stereocenters. The van der Waals surface area contributed by atoms with Gasteiger partial charge in [-0.1, -0.05) is 17.7 Å². The highest BCUT2D eigenvalue weighted by Gasteiger charge is 2.15. The highest BCUT2D eigenvalue weighted by atomic mass is 32.2. The number of hydrogen-bond acceptors (Lipinski definition) is 4. The van der Waals surface area contributed by atoms with Gasteiger partial charge in [-0.3, -0.25) is 0 Å². The van der Waals surface area contributed by atoms with Gasteiger partial charge in [-0.2, -0.15) is 0 Å². The number of hydrogen-bond donors (Lipinski definition) is 2. The molecule has 0 amide bonds. The second kappa shape index (κ2) is 6.56. The van der Waals surface area contributed by atoms with E-state index in [9.17, 15) is 8.42 Å². The Hall–Kier alpha value is -0.820. The second-order valence-corrected chi connectivity index (χ2v) is 6.97. The monoisotopic (exact) mass is 298 g/mol. The molecule has 0 bridgehead atoms. The fraction of sp³-hybridized carbons (Fsp3) is 0.385. The van der Waals surface area contributed by atoms with Gasteiger partial charge in [0.25, 0.3) is 0 Å². The van der Waals surface area contributed by atoms with Crippen LogP contribution in [0.1, 0.15) is 6.42 Å². The molecule has 2 N–H and O–H groups in total. The highest BCUT2D eigenvalue weighted by molar-refractivity contribution is 7.98. The third-order valence-electron chi connectivity index (χ3n) is 3.00. The minimum absolute atomic E-state index is 0.328. The average Bonchev–Trinajstić information content (AvgIpc) is 2.46. The van der Waals surface area contributed by atoms with Gasteiger partial charge >= 0.3 is 0 Å². The maximum absolute atomic E-state index is 12.2. The summed E-state index contributed by atoms with van der Waals surface area (Å²) in [7, 11) is -3.42. The van der Waals surface area contributed by atoms with Crippen molar-refractivity contribution in [2.24, 2.45) is 0 Å². The highest BCUT2D eigenvalue weighted by Crippen LogP contribution is 2.19. The van der Waals surface area contributed by atoms with Gasteiger partial charge in [-0.25, -0.2) is 13.1 Å². The first-order valence-corrected chi connectivity index (χ1v) is 8.85. The molecule has 0 saturated heterocycles. The lowest BCUT2D eigenvalue weighted by Crippen LogP contribution is -2.29. The van der Waals surface area contributed by atoms with Crippen LogP contribution in [0.5, 0.6) is 0 Å². The molecular formula is C13H18N2O2S2. The zero-order valence-corrected chi connectivity index (χ0v) is 12.5. The van der Waals surface area contributed by atoms with Gasteiger partial charge in [0, 0.05) is 18.0 Å². The fourth-order valence-corrected chi connectivity index (χ4v) is 3.49. The summed E-state index contributed by atoms with van der Waals surface area (Å²) in [5.74, 6) is 0. The third kappa shape index (κ3) is 4.07. The Labute approximate surface area is 118 Å². The first-order valence-electron chi connectivity index (χ1n) is 6.14. The van der Waals surface area contributed by atoms with E-state index in [1.165, 1.54) is 11.8 Å². The molecule has 1 aliphatic heterocycles. The van der Waals surface area contributed by atoms with Gasteiger partial charge in [-0.05, 0) is 37.4 Å². The van der Waals surface area contributed by atoms with Gasteiger partial charge in [0.2, 0.25) is 10.0 Å². The van der Waals surface area contributed by atoms with E-state index in [-0.39, 0.29) is 0 Å². The molecule has 0 spiro atoms. The van der Waals surface area contributed by atoms with E-state index in [1.54, 1.807) is 18.2 Å². The Balaban J connectivity index is 2.07. The van der Waals surface area contributed by atoms with E-state index in [0.717, 1.165) is 30.0 Å². The topological polar surface area (TPSA) is 58.2 Å². The largest absolute Gasteiger partial charge is 0.313 e. The molecule has 4 nitrogen and oxygen atoms in total. The predicted molar refractivity (Wildman–Crippen MR) is 79.0 cm³/mol. The van der Waals surface area contributed by atoms with Crippen molar-refractivity contribution in [3.63, 3.8) is 0 Å². The zero-order valence-electron chi connectivity index (χ0n) is 10.8. The van der Waals surface area contributed by atoms with E-state index in [1.807, 2.05) is 18.4 Å². The molecule has 1 aromatic rings. The maximum atomic E-state index is 12.2. The van der Waals surface area contributed by atoms with Gasteiger partial charge in [-0.15, -0.1) is 11.8 Å². The molecule has 1 aromatic carbocycles. The molecule has 0 atom stereocenters. The van der Waals surface area contributed by atoms with Crippen LogP contribution in [0.15, 0.2) is 45.7 Å². The van der Waals surface area contributed by atoms with E-state index < -0.39 is 10.0 Å². The van der Waals surface area contributed by atoms with Crippen LogP contribution >= 0.6 is 11.8 Å². The van der Waals surface area contributed by atoms with Crippen LogP contribution in [-0.4, -0.2) is 34.3 Å². The summed E-state index contributed by atoms with van der Waals surface area (Å²) in [6, 6.07) is 6.99. The summed E-state index contributed by atoms with van der Waals surface area (Å²) in [6.07, 6.45) is 4.87. The second-order valence-electron chi connectivity index (χ2n) is 4.32. The van der Waals surface area contributed by atoms with Crippen molar-refractivity contribution in [2.45, 2.75) is 16.2 Å². The SMILES string of the molecule is CSc1cccc(S(=O)(=O)NCC2=CCNCC2)c1. The summed E-state index contributed by atoms with van der Waals surface area (Å²) in [5, 5.41) is 3.20. The standard InChI is InChI=1S/C13H18N2O2S2/c1-18-12-3-2-4-13(9-12)19(16,17)15-10-11-5-7-14-8-6-11/h2-5,9,14-15H,6-8,10H2,1H3. The van der Waals surface area contributed by atoms with E-state index in [0.29, 0.717) is 11.4 Å². The van der Waals surface area contributed by atoms with Crippen LogP contribution in [0, 0.1) is 0 Å². The molecule has 1 aliphatic rings. The van der Waals surface area contributed by atoms with Crippen LogP contribution in [0.3, 0.4) is 0 Å². The number of benzene rings is 1. The Kier molecular flexibility index (Phi) is 5.04. The molecule has 0 saturated carbocycles. The van der Waals surface area contributed by atoms with Crippen LogP contribution in [0.2, 0.25) is 0 Å². The lowest BCUT2D eigenvalue weighted by Gasteiger charge is -2.15. The maximum Gasteiger partial charge on any atom is 0.240 e. The van der Waals surface area contributed by atoms with E-state index in [4.69, 9.17) is 0 Å². The Morgan fingerprint density at radius 3 is 2.95 bits per heavy atom. The van der Waals surface area contributed by atoms with Crippen LogP contribution < -0.4 is 10.0 Å². The van der Waals surface area contributed by atoms with Crippen LogP contribution in [0.25, 0.3) is 0 Å². The van der Waals surface area contributed by atoms with Gasteiger partial charge < -0.3 is 5.32 Å². The molecular weight excluding hydrogens is 280 g/mol. The summed E-state index contributed by atoms with van der Waals surface area (Å²) >= 11 is 1.53. The molecule has 0 aliphatic carbocycles. The fourth-order valence-electron chi connectivity index (χ4n) is 1.87. The number of nitrogens with one attached hydrogen (secondary N) is 2. The van der Waals surface area contributed by atoms with Crippen molar-refractivity contribution >= 4 is 21.8 Å². The van der Waals surface area contributed by atoms with Crippen molar-refractivity contribution in [1.82, 2.24) is 10.0 Å². The molecule has 0 aromatic heterocycles. The molecule has 6 heteroatoms. The van der Waals surface area contributed by atoms with Gasteiger partial charge in [0.05, 0.1) is 4.90 Å². The van der Waals surface area contributed by atoms with Crippen molar-refractivity contribution < 1.29 is 8.42 Å². The molecule has 104 valence electrons. The Bertz CT molecular complexity index is 568. The minimum atomic E-state index is -3.42. The summed E-state index contributed by atoms with van der Waals surface area (Å²) < 4.78 is 27.0. The predicted octanol–water partition coefficient (Wildman–Crippen LogP) is 1.61. The van der Waals surface area contributed by atoms with E-state index in [2.05, 4.69) is 10.0 Å². The summed E-state index contributed by atoms with van der Waals surface area (Å²) in [4.78, 5) is 1.28. The van der Waals surface area contributed by atoms with Gasteiger partial charge in [0.1, 0.15) is 0 Å². The Morgan fingerprint density at radius 1 is 1.42 bits per heavy atom. The summed E-state index contributed by atoms with van der Waals surface area (Å²) in [6.45, 7) is 2.13. The molecule has 1 heterocycles. The first-order chi connectivity index (χ1) is 9.12. The Morgan fingerprint density at radius 2 is 2.26 bits per heavy atom. The number of rotatable bonds is 5. The smallest absolute Gasteiger partial charge is 0.240 e. The van der Waals surface area contributed by atoms with Crippen molar-refractivity contribution in [3.8, 4) is 0 Å². The number of sulfonamides is 1. The van der Waals surface area contributed by atoms with Crippen molar-refractivity contribution in [2.75, 3.05) is 25.9 Å². The van der Waals surface area contributed by atoms with E-state index >= 15 is 0 Å².